The number of H-pyrrole nitrogens is 1. The lowest BCUT2D eigenvalue weighted by Gasteiger charge is -2.37. The second kappa shape index (κ2) is 8.41. The number of nitrogens with one attached hydrogen (secondary N) is 1. The Balaban J connectivity index is 1.75. The van der Waals surface area contributed by atoms with Gasteiger partial charge in [0.1, 0.15) is 0 Å². The van der Waals surface area contributed by atoms with Crippen LogP contribution in [0.2, 0.25) is 0 Å². The van der Waals surface area contributed by atoms with Crippen molar-refractivity contribution < 1.29 is 18.7 Å². The number of aromatic nitrogens is 1. The number of hydrogen-bond acceptors (Lipinski definition) is 5. The molecule has 7 nitrogen and oxygen atoms in total. The minimum Gasteiger partial charge on any atom is -0.493 e. The molecule has 4 aromatic rings. The molecule has 7 heteroatoms. The van der Waals surface area contributed by atoms with Crippen LogP contribution < -0.4 is 15.0 Å². The van der Waals surface area contributed by atoms with Crippen LogP contribution in [-0.4, -0.2) is 36.6 Å². The Hall–Kier alpha value is -4.00. The number of pyridine rings is 1. The molecule has 3 heterocycles. The van der Waals surface area contributed by atoms with Crippen LogP contribution in [0.5, 0.6) is 11.5 Å². The summed E-state index contributed by atoms with van der Waals surface area (Å²) in [6, 6.07) is 12.4. The fraction of sp³-hybridized carbons (Fsp3) is 0.259. The molecule has 0 unspecified atom stereocenters. The first-order valence-corrected chi connectivity index (χ1v) is 11.1. The van der Waals surface area contributed by atoms with Gasteiger partial charge in [0.15, 0.2) is 17.3 Å². The van der Waals surface area contributed by atoms with Crippen molar-refractivity contribution in [2.45, 2.75) is 26.3 Å². The zero-order valence-corrected chi connectivity index (χ0v) is 19.6. The van der Waals surface area contributed by atoms with E-state index in [0.29, 0.717) is 30.0 Å². The quantitative estimate of drug-likeness (QED) is 0.485. The summed E-state index contributed by atoms with van der Waals surface area (Å²) >= 11 is 0. The number of aryl methyl sites for hydroxylation is 2. The van der Waals surface area contributed by atoms with Crippen LogP contribution >= 0.6 is 0 Å². The highest BCUT2D eigenvalue weighted by molar-refractivity contribution is 5.92. The van der Waals surface area contributed by atoms with Crippen molar-refractivity contribution in [1.82, 2.24) is 9.88 Å². The van der Waals surface area contributed by atoms with Gasteiger partial charge in [-0.15, -0.1) is 0 Å². The third-order valence-electron chi connectivity index (χ3n) is 6.65. The monoisotopic (exact) mass is 458 g/mol. The van der Waals surface area contributed by atoms with Gasteiger partial charge in [-0.25, -0.2) is 0 Å². The van der Waals surface area contributed by atoms with Gasteiger partial charge in [0.25, 0.3) is 11.5 Å². The van der Waals surface area contributed by atoms with Crippen LogP contribution in [0, 0.1) is 13.8 Å². The van der Waals surface area contributed by atoms with Gasteiger partial charge in [-0.05, 0) is 90.4 Å². The van der Waals surface area contributed by atoms with Crippen molar-refractivity contribution in [2.75, 3.05) is 20.8 Å². The van der Waals surface area contributed by atoms with E-state index in [1.165, 1.54) is 6.26 Å². The van der Waals surface area contributed by atoms with E-state index in [1.54, 1.807) is 31.3 Å². The van der Waals surface area contributed by atoms with Gasteiger partial charge >= 0.3 is 0 Å². The minimum atomic E-state index is -0.615. The Morgan fingerprint density at radius 1 is 1.03 bits per heavy atom. The topological polar surface area (TPSA) is 84.8 Å². The lowest BCUT2D eigenvalue weighted by atomic mass is 9.87. The van der Waals surface area contributed by atoms with Gasteiger partial charge in [0.2, 0.25) is 0 Å². The Labute approximate surface area is 196 Å². The maximum atomic E-state index is 13.5. The molecule has 2 aromatic heterocycles. The number of carbonyl (C=O) groups excluding carboxylic acids is 1. The van der Waals surface area contributed by atoms with E-state index in [0.717, 1.165) is 33.2 Å². The summed E-state index contributed by atoms with van der Waals surface area (Å²) in [5.41, 5.74) is 5.09. The highest BCUT2D eigenvalue weighted by Crippen LogP contribution is 2.41. The fourth-order valence-electron chi connectivity index (χ4n) is 4.74. The van der Waals surface area contributed by atoms with Crippen LogP contribution in [0.15, 0.2) is 57.9 Å². The van der Waals surface area contributed by atoms with E-state index in [-0.39, 0.29) is 17.2 Å². The van der Waals surface area contributed by atoms with E-state index >= 15 is 0 Å². The fourth-order valence-corrected chi connectivity index (χ4v) is 4.74. The molecule has 1 atom stereocenters. The largest absolute Gasteiger partial charge is 0.493 e. The van der Waals surface area contributed by atoms with E-state index in [9.17, 15) is 9.59 Å². The van der Waals surface area contributed by atoms with Gasteiger partial charge in [-0.3, -0.25) is 9.59 Å². The molecule has 1 amide bonds. The summed E-state index contributed by atoms with van der Waals surface area (Å²) in [6.07, 6.45) is 2.09. The number of methoxy groups -OCH3 is 2. The molecule has 0 aliphatic carbocycles. The standard InChI is InChI=1S/C27H26N2O5/c1-15-10-18-12-20(26(30)28-21(18)11-16(15)2)25-19-14-24(33-4)23(32-3)13-17(19)7-8-29(25)27(31)22-6-5-9-34-22/h5-6,9-14,25H,7-8H2,1-4H3,(H,28,30)/t25-/m0/s1. The number of hydrogen-bond donors (Lipinski definition) is 1. The Morgan fingerprint density at radius 2 is 1.76 bits per heavy atom. The number of furan rings is 1. The summed E-state index contributed by atoms with van der Waals surface area (Å²) in [7, 11) is 3.16. The third kappa shape index (κ3) is 3.53. The second-order valence-corrected chi connectivity index (χ2v) is 8.61. The molecule has 0 bridgehead atoms. The smallest absolute Gasteiger partial charge is 0.290 e. The number of aromatic amines is 1. The van der Waals surface area contributed by atoms with Crippen LogP contribution in [0.4, 0.5) is 0 Å². The average Bonchev–Trinajstić information content (AvgIpc) is 3.38. The van der Waals surface area contributed by atoms with Crippen LogP contribution in [0.25, 0.3) is 10.9 Å². The van der Waals surface area contributed by atoms with Gasteiger partial charge < -0.3 is 23.8 Å². The summed E-state index contributed by atoms with van der Waals surface area (Å²) in [5, 5.41) is 0.913. The van der Waals surface area contributed by atoms with Crippen molar-refractivity contribution in [3.05, 3.63) is 92.7 Å². The molecule has 0 fully saturated rings. The average molecular weight is 459 g/mol. The molecule has 1 aliphatic heterocycles. The SMILES string of the molecule is COc1cc2c(cc1OC)[C@@H](c1cc3cc(C)c(C)cc3[nH]c1=O)N(C(=O)c1ccco1)CC2. The van der Waals surface area contributed by atoms with E-state index in [4.69, 9.17) is 13.9 Å². The molecule has 0 saturated heterocycles. The molecule has 0 radical (unpaired) electrons. The van der Waals surface area contributed by atoms with Gasteiger partial charge in [0.05, 0.1) is 26.5 Å². The molecule has 5 rings (SSSR count). The number of amides is 1. The lowest BCUT2D eigenvalue weighted by molar-refractivity contribution is 0.0660. The van der Waals surface area contributed by atoms with Crippen molar-refractivity contribution in [3.63, 3.8) is 0 Å². The Morgan fingerprint density at radius 3 is 2.47 bits per heavy atom. The van der Waals surface area contributed by atoms with Crippen molar-refractivity contribution in [2.24, 2.45) is 0 Å². The Bertz CT molecular complexity index is 1450. The molecule has 0 spiro atoms. The molecule has 174 valence electrons. The normalized spacial score (nSPS) is 15.3. The van der Waals surface area contributed by atoms with Crippen molar-refractivity contribution in [3.8, 4) is 11.5 Å². The molecule has 1 N–H and O–H groups in total. The number of benzene rings is 2. The number of rotatable bonds is 4. The predicted molar refractivity (Wildman–Crippen MR) is 129 cm³/mol. The highest BCUT2D eigenvalue weighted by atomic mass is 16.5. The lowest BCUT2D eigenvalue weighted by Crippen LogP contribution is -2.42. The number of carbonyl (C=O) groups is 1. The minimum absolute atomic E-state index is 0.234. The maximum Gasteiger partial charge on any atom is 0.290 e. The van der Waals surface area contributed by atoms with Crippen LogP contribution in [-0.2, 0) is 6.42 Å². The first kappa shape index (κ1) is 21.8. The molecule has 2 aromatic carbocycles. The number of nitrogens with zero attached hydrogens (tertiary/aromatic N) is 1. The highest BCUT2D eigenvalue weighted by Gasteiger charge is 2.36. The first-order chi connectivity index (χ1) is 16.4. The number of ether oxygens (including phenoxy) is 2. The summed E-state index contributed by atoms with van der Waals surface area (Å²) < 4.78 is 16.5. The summed E-state index contributed by atoms with van der Waals surface area (Å²) in [5.74, 6) is 1.12. The van der Waals surface area contributed by atoms with E-state index < -0.39 is 6.04 Å². The number of fused-ring (bicyclic) bond motifs is 2. The van der Waals surface area contributed by atoms with Gasteiger partial charge in [-0.2, -0.15) is 0 Å². The molecule has 0 saturated carbocycles. The van der Waals surface area contributed by atoms with Crippen molar-refractivity contribution in [1.29, 1.82) is 0 Å². The summed E-state index contributed by atoms with van der Waals surface area (Å²) in [6.45, 7) is 4.48. The van der Waals surface area contributed by atoms with Crippen LogP contribution in [0.3, 0.4) is 0 Å². The first-order valence-electron chi connectivity index (χ1n) is 11.1. The maximum absolute atomic E-state index is 13.5. The molecule has 34 heavy (non-hydrogen) atoms. The third-order valence-corrected chi connectivity index (χ3v) is 6.65. The van der Waals surface area contributed by atoms with Gasteiger partial charge in [-0.1, -0.05) is 0 Å². The molecular formula is C27H26N2O5. The van der Waals surface area contributed by atoms with E-state index in [2.05, 4.69) is 11.1 Å². The van der Waals surface area contributed by atoms with E-state index in [1.807, 2.05) is 38.1 Å². The Kier molecular flexibility index (Phi) is 5.40. The zero-order valence-electron chi connectivity index (χ0n) is 19.6. The van der Waals surface area contributed by atoms with Gasteiger partial charge in [0, 0.05) is 17.6 Å². The van der Waals surface area contributed by atoms with Crippen molar-refractivity contribution >= 4 is 16.8 Å². The predicted octanol–water partition coefficient (Wildman–Crippen LogP) is 4.54. The summed E-state index contributed by atoms with van der Waals surface area (Å²) in [4.78, 5) is 31.6. The zero-order chi connectivity index (χ0) is 24.0. The molecular weight excluding hydrogens is 432 g/mol. The second-order valence-electron chi connectivity index (χ2n) is 8.61. The molecule has 1 aliphatic rings. The van der Waals surface area contributed by atoms with Crippen LogP contribution in [0.1, 0.15) is 44.4 Å².